The summed E-state index contributed by atoms with van der Waals surface area (Å²) in [6.07, 6.45) is 0.748. The molecule has 0 aliphatic carbocycles. The topological polar surface area (TPSA) is 72.2 Å². The van der Waals surface area contributed by atoms with E-state index in [1.807, 2.05) is 30.3 Å². The van der Waals surface area contributed by atoms with Crippen molar-refractivity contribution < 1.29 is 8.42 Å². The van der Waals surface area contributed by atoms with Gasteiger partial charge in [-0.15, -0.1) is 0 Å². The van der Waals surface area contributed by atoms with Gasteiger partial charge in [0.15, 0.2) is 0 Å². The third kappa shape index (κ3) is 3.90. The van der Waals surface area contributed by atoms with Crippen molar-refractivity contribution in [2.45, 2.75) is 17.9 Å². The van der Waals surface area contributed by atoms with Gasteiger partial charge in [-0.3, -0.25) is 0 Å². The molecule has 0 fully saturated rings. The zero-order valence-corrected chi connectivity index (χ0v) is 11.9. The predicted octanol–water partition coefficient (Wildman–Crippen LogP) is 1.67. The van der Waals surface area contributed by atoms with E-state index in [2.05, 4.69) is 4.72 Å². The highest BCUT2D eigenvalue weighted by atomic mass is 32.2. The maximum Gasteiger partial charge on any atom is 0.240 e. The standard InChI is InChI=1S/C15H18N2O2S/c16-11-10-13-6-8-15(9-7-13)20(18,19)17-12-14-4-2-1-3-5-14/h1-9,17H,10-12,16H2. The number of hydrogen-bond donors (Lipinski definition) is 2. The molecular weight excluding hydrogens is 272 g/mol. The van der Waals surface area contributed by atoms with E-state index in [-0.39, 0.29) is 11.4 Å². The van der Waals surface area contributed by atoms with E-state index in [1.165, 1.54) is 0 Å². The lowest BCUT2D eigenvalue weighted by atomic mass is 10.2. The lowest BCUT2D eigenvalue weighted by Gasteiger charge is -2.07. The van der Waals surface area contributed by atoms with Gasteiger partial charge in [-0.05, 0) is 36.2 Å². The fourth-order valence-electron chi connectivity index (χ4n) is 1.86. The van der Waals surface area contributed by atoms with Gasteiger partial charge >= 0.3 is 0 Å². The average molecular weight is 290 g/mol. The van der Waals surface area contributed by atoms with E-state index < -0.39 is 10.0 Å². The molecule has 2 rings (SSSR count). The Labute approximate surface area is 119 Å². The predicted molar refractivity (Wildman–Crippen MR) is 79.7 cm³/mol. The summed E-state index contributed by atoms with van der Waals surface area (Å²) in [6, 6.07) is 16.2. The van der Waals surface area contributed by atoms with Crippen molar-refractivity contribution in [3.8, 4) is 0 Å². The Bertz CT molecular complexity index is 637. The maximum atomic E-state index is 12.1. The van der Waals surface area contributed by atoms with Crippen LogP contribution in [-0.4, -0.2) is 15.0 Å². The molecule has 0 saturated heterocycles. The van der Waals surface area contributed by atoms with Crippen LogP contribution in [-0.2, 0) is 23.0 Å². The number of benzene rings is 2. The molecule has 0 atom stereocenters. The molecule has 4 nitrogen and oxygen atoms in total. The van der Waals surface area contributed by atoms with Crippen molar-refractivity contribution in [2.75, 3.05) is 6.54 Å². The van der Waals surface area contributed by atoms with E-state index >= 15 is 0 Å². The molecule has 2 aromatic rings. The third-order valence-corrected chi connectivity index (χ3v) is 4.39. The van der Waals surface area contributed by atoms with Crippen molar-refractivity contribution in [3.05, 3.63) is 65.7 Å². The van der Waals surface area contributed by atoms with Crippen LogP contribution in [0, 0.1) is 0 Å². The summed E-state index contributed by atoms with van der Waals surface area (Å²) < 4.78 is 26.9. The minimum atomic E-state index is -3.47. The van der Waals surface area contributed by atoms with Gasteiger partial charge in [0.2, 0.25) is 10.0 Å². The van der Waals surface area contributed by atoms with Crippen LogP contribution in [0.1, 0.15) is 11.1 Å². The fourth-order valence-corrected chi connectivity index (χ4v) is 2.88. The quantitative estimate of drug-likeness (QED) is 0.850. The van der Waals surface area contributed by atoms with Crippen LogP contribution in [0.2, 0.25) is 0 Å². The monoisotopic (exact) mass is 290 g/mol. The highest BCUT2D eigenvalue weighted by Gasteiger charge is 2.13. The third-order valence-electron chi connectivity index (χ3n) is 2.98. The summed E-state index contributed by atoms with van der Waals surface area (Å²) in [6.45, 7) is 0.839. The Morgan fingerprint density at radius 3 is 2.15 bits per heavy atom. The van der Waals surface area contributed by atoms with Gasteiger partial charge in [0.05, 0.1) is 4.90 Å². The van der Waals surface area contributed by atoms with Crippen LogP contribution < -0.4 is 10.5 Å². The van der Waals surface area contributed by atoms with Crippen molar-refractivity contribution >= 4 is 10.0 Å². The summed E-state index contributed by atoms with van der Waals surface area (Å²) in [7, 11) is -3.47. The van der Waals surface area contributed by atoms with Crippen LogP contribution in [0.5, 0.6) is 0 Å². The molecule has 0 heterocycles. The van der Waals surface area contributed by atoms with Crippen LogP contribution >= 0.6 is 0 Å². The van der Waals surface area contributed by atoms with Crippen LogP contribution in [0.25, 0.3) is 0 Å². The van der Waals surface area contributed by atoms with Gasteiger partial charge in [0.25, 0.3) is 0 Å². The van der Waals surface area contributed by atoms with E-state index in [9.17, 15) is 8.42 Å². The molecule has 0 aromatic heterocycles. The second-order valence-electron chi connectivity index (χ2n) is 4.49. The molecule has 106 valence electrons. The molecule has 5 heteroatoms. The van der Waals surface area contributed by atoms with E-state index in [4.69, 9.17) is 5.73 Å². The molecule has 0 radical (unpaired) electrons. The molecule has 0 aliphatic rings. The molecule has 20 heavy (non-hydrogen) atoms. The largest absolute Gasteiger partial charge is 0.330 e. The maximum absolute atomic E-state index is 12.1. The van der Waals surface area contributed by atoms with Gasteiger partial charge in [-0.25, -0.2) is 13.1 Å². The Hall–Kier alpha value is -1.69. The van der Waals surface area contributed by atoms with Crippen LogP contribution in [0.15, 0.2) is 59.5 Å². The number of rotatable bonds is 6. The molecule has 0 unspecified atom stereocenters. The molecular formula is C15H18N2O2S. The second-order valence-corrected chi connectivity index (χ2v) is 6.26. The SMILES string of the molecule is NCCc1ccc(S(=O)(=O)NCc2ccccc2)cc1. The number of sulfonamides is 1. The Morgan fingerprint density at radius 1 is 0.900 bits per heavy atom. The van der Waals surface area contributed by atoms with Gasteiger partial charge in [-0.1, -0.05) is 42.5 Å². The smallest absolute Gasteiger partial charge is 0.240 e. The van der Waals surface area contributed by atoms with E-state index in [1.54, 1.807) is 24.3 Å². The minimum absolute atomic E-state index is 0.272. The van der Waals surface area contributed by atoms with E-state index in [0.717, 1.165) is 17.5 Å². The summed E-state index contributed by atoms with van der Waals surface area (Å²) in [5, 5.41) is 0. The summed E-state index contributed by atoms with van der Waals surface area (Å²) in [5.41, 5.74) is 7.43. The highest BCUT2D eigenvalue weighted by Crippen LogP contribution is 2.11. The Morgan fingerprint density at radius 2 is 1.55 bits per heavy atom. The molecule has 0 amide bonds. The van der Waals surface area contributed by atoms with Gasteiger partial charge in [-0.2, -0.15) is 0 Å². The van der Waals surface area contributed by atoms with Crippen molar-refractivity contribution in [1.29, 1.82) is 0 Å². The normalized spacial score (nSPS) is 11.4. The zero-order chi connectivity index (χ0) is 14.4. The summed E-state index contributed by atoms with van der Waals surface area (Å²) in [5.74, 6) is 0. The first kappa shape index (κ1) is 14.7. The number of nitrogens with one attached hydrogen (secondary N) is 1. The molecule has 2 aromatic carbocycles. The average Bonchev–Trinajstić information content (AvgIpc) is 2.47. The van der Waals surface area contributed by atoms with E-state index in [0.29, 0.717) is 6.54 Å². The first-order chi connectivity index (χ1) is 9.62. The second kappa shape index (κ2) is 6.65. The lowest BCUT2D eigenvalue weighted by molar-refractivity contribution is 0.581. The van der Waals surface area contributed by atoms with Crippen molar-refractivity contribution in [2.24, 2.45) is 5.73 Å². The van der Waals surface area contributed by atoms with Crippen LogP contribution in [0.3, 0.4) is 0 Å². The van der Waals surface area contributed by atoms with Gasteiger partial charge in [0.1, 0.15) is 0 Å². The molecule has 0 spiro atoms. The van der Waals surface area contributed by atoms with Crippen molar-refractivity contribution in [1.82, 2.24) is 4.72 Å². The fraction of sp³-hybridized carbons (Fsp3) is 0.200. The zero-order valence-electron chi connectivity index (χ0n) is 11.1. The molecule has 0 aliphatic heterocycles. The summed E-state index contributed by atoms with van der Waals surface area (Å²) in [4.78, 5) is 0.272. The molecule has 3 N–H and O–H groups in total. The molecule has 0 saturated carbocycles. The summed E-state index contributed by atoms with van der Waals surface area (Å²) >= 11 is 0. The number of nitrogens with two attached hydrogens (primary N) is 1. The lowest BCUT2D eigenvalue weighted by Crippen LogP contribution is -2.23. The highest BCUT2D eigenvalue weighted by molar-refractivity contribution is 7.89. The van der Waals surface area contributed by atoms with Crippen LogP contribution in [0.4, 0.5) is 0 Å². The number of hydrogen-bond acceptors (Lipinski definition) is 3. The Balaban J connectivity index is 2.06. The first-order valence-electron chi connectivity index (χ1n) is 6.44. The Kier molecular flexibility index (Phi) is 4.89. The first-order valence-corrected chi connectivity index (χ1v) is 7.93. The van der Waals surface area contributed by atoms with Gasteiger partial charge in [0, 0.05) is 6.54 Å². The molecule has 0 bridgehead atoms. The van der Waals surface area contributed by atoms with Gasteiger partial charge < -0.3 is 5.73 Å². The van der Waals surface area contributed by atoms with Crippen molar-refractivity contribution in [3.63, 3.8) is 0 Å². The minimum Gasteiger partial charge on any atom is -0.330 e.